The second-order valence-electron chi connectivity index (χ2n) is 4.57. The monoisotopic (exact) mass is 274 g/mol. The molecule has 1 aliphatic rings. The first-order valence-electron chi connectivity index (χ1n) is 5.91. The van der Waals surface area contributed by atoms with Gasteiger partial charge in [0, 0.05) is 25.9 Å². The highest BCUT2D eigenvalue weighted by Crippen LogP contribution is 2.24. The normalized spacial score (nSPS) is 19.2. The summed E-state index contributed by atoms with van der Waals surface area (Å²) in [6.07, 6.45) is 4.16. The number of nitrogens with zero attached hydrogens (tertiary/aromatic N) is 2. The second kappa shape index (κ2) is 4.99. The van der Waals surface area contributed by atoms with Crippen LogP contribution in [0.2, 0.25) is 0 Å². The maximum atomic E-state index is 12.0. The molecular weight excluding hydrogens is 256 g/mol. The number of ether oxygens (including phenoxy) is 2. The van der Waals surface area contributed by atoms with Crippen LogP contribution in [0.5, 0.6) is 0 Å². The van der Waals surface area contributed by atoms with E-state index >= 15 is 0 Å². The van der Waals surface area contributed by atoms with Crippen molar-refractivity contribution in [1.82, 2.24) is 9.55 Å². The fraction of sp³-hybridized carbons (Fsp3) is 0.727. The molecule has 0 radical (unpaired) electrons. The smallest absolute Gasteiger partial charge is 0.227 e. The van der Waals surface area contributed by atoms with Crippen molar-refractivity contribution in [3.05, 3.63) is 12.4 Å². The Kier molecular flexibility index (Phi) is 3.74. The van der Waals surface area contributed by atoms with Gasteiger partial charge in [-0.05, 0) is 13.3 Å². The first kappa shape index (κ1) is 13.5. The predicted octanol–water partition coefficient (Wildman–Crippen LogP) is 0.737. The average Bonchev–Trinajstić information content (AvgIpc) is 2.87. The van der Waals surface area contributed by atoms with Crippen LogP contribution in [-0.4, -0.2) is 42.7 Å². The van der Waals surface area contributed by atoms with E-state index in [-0.39, 0.29) is 10.9 Å². The van der Waals surface area contributed by atoms with Gasteiger partial charge in [0.05, 0.1) is 19.0 Å². The lowest BCUT2D eigenvalue weighted by molar-refractivity contribution is -0.146. The molecule has 1 saturated heterocycles. The first-order valence-corrected chi connectivity index (χ1v) is 7.56. The molecular formula is C11H18N2O4S. The lowest BCUT2D eigenvalue weighted by Crippen LogP contribution is -2.26. The lowest BCUT2D eigenvalue weighted by Gasteiger charge is -2.21. The van der Waals surface area contributed by atoms with E-state index in [1.165, 1.54) is 10.8 Å². The average molecular weight is 274 g/mol. The Bertz CT molecular complexity index is 503. The summed E-state index contributed by atoms with van der Waals surface area (Å²) in [6, 6.07) is 0. The summed E-state index contributed by atoms with van der Waals surface area (Å²) in [5.74, 6) is -0.572. The molecule has 0 saturated carbocycles. The Morgan fingerprint density at radius 2 is 2.11 bits per heavy atom. The van der Waals surface area contributed by atoms with Gasteiger partial charge in [-0.2, -0.15) is 0 Å². The zero-order valence-electron chi connectivity index (χ0n) is 10.6. The van der Waals surface area contributed by atoms with Crippen molar-refractivity contribution in [3.63, 3.8) is 0 Å². The Labute approximate surface area is 107 Å². The van der Waals surface area contributed by atoms with E-state index in [2.05, 4.69) is 4.98 Å². The minimum Gasteiger partial charge on any atom is -0.348 e. The molecule has 0 aliphatic carbocycles. The zero-order chi connectivity index (χ0) is 13.2. The van der Waals surface area contributed by atoms with Gasteiger partial charge in [-0.1, -0.05) is 0 Å². The summed E-state index contributed by atoms with van der Waals surface area (Å²) in [6.45, 7) is 2.98. The lowest BCUT2D eigenvalue weighted by atomic mass is 10.2. The third-order valence-electron chi connectivity index (χ3n) is 3.00. The molecule has 0 bridgehead atoms. The molecule has 18 heavy (non-hydrogen) atoms. The maximum Gasteiger partial charge on any atom is 0.227 e. The maximum absolute atomic E-state index is 12.0. The van der Waals surface area contributed by atoms with Crippen LogP contribution in [0.15, 0.2) is 17.6 Å². The van der Waals surface area contributed by atoms with Crippen molar-refractivity contribution in [1.29, 1.82) is 0 Å². The van der Waals surface area contributed by atoms with Crippen molar-refractivity contribution in [2.24, 2.45) is 7.05 Å². The van der Waals surface area contributed by atoms with Crippen LogP contribution in [0, 0.1) is 0 Å². The van der Waals surface area contributed by atoms with Crippen LogP contribution in [0.4, 0.5) is 0 Å². The number of aryl methyl sites for hydroxylation is 1. The molecule has 1 aliphatic heterocycles. The van der Waals surface area contributed by atoms with E-state index in [9.17, 15) is 8.42 Å². The fourth-order valence-electron chi connectivity index (χ4n) is 2.03. The summed E-state index contributed by atoms with van der Waals surface area (Å²) >= 11 is 0. The third kappa shape index (κ3) is 2.90. The highest BCUT2D eigenvalue weighted by Gasteiger charge is 2.31. The van der Waals surface area contributed by atoms with Gasteiger partial charge in [-0.25, -0.2) is 13.4 Å². The van der Waals surface area contributed by atoms with Crippen molar-refractivity contribution < 1.29 is 17.9 Å². The Morgan fingerprint density at radius 3 is 2.67 bits per heavy atom. The highest BCUT2D eigenvalue weighted by molar-refractivity contribution is 7.91. The van der Waals surface area contributed by atoms with Crippen LogP contribution >= 0.6 is 0 Å². The van der Waals surface area contributed by atoms with Gasteiger partial charge in [0.25, 0.3) is 0 Å². The summed E-state index contributed by atoms with van der Waals surface area (Å²) in [5.41, 5.74) is 0. The van der Waals surface area contributed by atoms with Gasteiger partial charge < -0.3 is 14.0 Å². The van der Waals surface area contributed by atoms with Crippen LogP contribution in [-0.2, 0) is 26.4 Å². The molecule has 6 nitrogen and oxygen atoms in total. The van der Waals surface area contributed by atoms with Crippen molar-refractivity contribution in [2.45, 2.75) is 30.7 Å². The number of sulfone groups is 1. The van der Waals surface area contributed by atoms with Gasteiger partial charge in [-0.15, -0.1) is 0 Å². The van der Waals surface area contributed by atoms with E-state index in [0.717, 1.165) is 0 Å². The molecule has 0 amide bonds. The molecule has 0 aromatic carbocycles. The van der Waals surface area contributed by atoms with Crippen LogP contribution in [0.1, 0.15) is 19.8 Å². The molecule has 2 rings (SSSR count). The minimum atomic E-state index is -3.33. The van der Waals surface area contributed by atoms with E-state index < -0.39 is 15.6 Å². The van der Waals surface area contributed by atoms with Gasteiger partial charge in [0.15, 0.2) is 5.79 Å². The predicted molar refractivity (Wildman–Crippen MR) is 64.8 cm³/mol. The van der Waals surface area contributed by atoms with Gasteiger partial charge >= 0.3 is 0 Å². The molecule has 0 N–H and O–H groups in total. The Hall–Kier alpha value is -0.920. The standard InChI is InChI=1S/C11H18N2O4S/c1-11(16-7-8-17-11)4-3-9-18(14,15)10-12-5-6-13(10)2/h5-6H,3-4,7-9H2,1-2H3. The van der Waals surface area contributed by atoms with Crippen molar-refractivity contribution in [2.75, 3.05) is 19.0 Å². The summed E-state index contributed by atoms with van der Waals surface area (Å²) in [7, 11) is -1.65. The molecule has 102 valence electrons. The first-order chi connectivity index (χ1) is 8.43. The molecule has 1 aromatic rings. The highest BCUT2D eigenvalue weighted by atomic mass is 32.2. The molecule has 7 heteroatoms. The van der Waals surface area contributed by atoms with E-state index in [1.807, 2.05) is 6.92 Å². The number of rotatable bonds is 5. The van der Waals surface area contributed by atoms with Crippen LogP contribution in [0.3, 0.4) is 0 Å². The molecule has 0 atom stereocenters. The van der Waals surface area contributed by atoms with Crippen LogP contribution in [0.25, 0.3) is 0 Å². The number of aromatic nitrogens is 2. The Balaban J connectivity index is 1.92. The summed E-state index contributed by atoms with van der Waals surface area (Å²) < 4.78 is 36.4. The van der Waals surface area contributed by atoms with Crippen molar-refractivity contribution >= 4 is 9.84 Å². The van der Waals surface area contributed by atoms with Crippen LogP contribution < -0.4 is 0 Å². The number of imidazole rings is 1. The number of hydrogen-bond acceptors (Lipinski definition) is 5. The Morgan fingerprint density at radius 1 is 1.44 bits per heavy atom. The SMILES string of the molecule is Cn1ccnc1S(=O)(=O)CCCC1(C)OCCO1. The minimum absolute atomic E-state index is 0.0557. The van der Waals surface area contributed by atoms with Crippen molar-refractivity contribution in [3.8, 4) is 0 Å². The van der Waals surface area contributed by atoms with E-state index in [4.69, 9.17) is 9.47 Å². The largest absolute Gasteiger partial charge is 0.348 e. The molecule has 1 aromatic heterocycles. The quantitative estimate of drug-likeness (QED) is 0.792. The van der Waals surface area contributed by atoms with E-state index in [1.54, 1.807) is 13.2 Å². The number of hydrogen-bond donors (Lipinski definition) is 0. The summed E-state index contributed by atoms with van der Waals surface area (Å²) in [5, 5.41) is 0.112. The molecule has 1 fully saturated rings. The van der Waals surface area contributed by atoms with E-state index in [0.29, 0.717) is 26.1 Å². The summed E-state index contributed by atoms with van der Waals surface area (Å²) in [4.78, 5) is 3.87. The molecule has 0 unspecified atom stereocenters. The molecule has 2 heterocycles. The fourth-order valence-corrected chi connectivity index (χ4v) is 3.46. The topological polar surface area (TPSA) is 70.4 Å². The third-order valence-corrected chi connectivity index (χ3v) is 4.77. The van der Waals surface area contributed by atoms with Gasteiger partial charge in [-0.3, -0.25) is 0 Å². The van der Waals surface area contributed by atoms with Gasteiger partial charge in [0.1, 0.15) is 0 Å². The molecule has 0 spiro atoms. The zero-order valence-corrected chi connectivity index (χ0v) is 11.4. The van der Waals surface area contributed by atoms with Gasteiger partial charge in [0.2, 0.25) is 15.0 Å². The second-order valence-corrected chi connectivity index (χ2v) is 6.58.